The highest BCUT2D eigenvalue weighted by atomic mass is 16.5. The van der Waals surface area contributed by atoms with Crippen LogP contribution >= 0.6 is 0 Å². The number of carbonyl (C=O) groups is 3. The minimum Gasteiger partial charge on any atom is -0.474 e. The minimum absolute atomic E-state index is 0.0880. The van der Waals surface area contributed by atoms with Gasteiger partial charge in [-0.3, -0.25) is 14.4 Å². The van der Waals surface area contributed by atoms with E-state index >= 15 is 0 Å². The largest absolute Gasteiger partial charge is 0.474 e. The van der Waals surface area contributed by atoms with Gasteiger partial charge in [0.2, 0.25) is 23.6 Å². The normalized spacial score (nSPS) is 30.6. The average molecular weight is 514 g/mol. The third kappa shape index (κ3) is 5.72. The van der Waals surface area contributed by atoms with Crippen molar-refractivity contribution in [1.82, 2.24) is 20.2 Å². The van der Waals surface area contributed by atoms with E-state index in [0.29, 0.717) is 31.7 Å². The Kier molecular flexibility index (Phi) is 7.48. The van der Waals surface area contributed by atoms with Crippen molar-refractivity contribution in [3.63, 3.8) is 0 Å². The highest BCUT2D eigenvalue weighted by molar-refractivity contribution is 5.96. The lowest BCUT2D eigenvalue weighted by Crippen LogP contribution is -2.51. The van der Waals surface area contributed by atoms with Crippen LogP contribution in [-0.4, -0.2) is 64.9 Å². The van der Waals surface area contributed by atoms with Crippen LogP contribution in [0, 0.1) is 17.8 Å². The summed E-state index contributed by atoms with van der Waals surface area (Å²) < 4.78 is 11.5. The zero-order valence-corrected chi connectivity index (χ0v) is 22.5. The Morgan fingerprint density at radius 3 is 2.59 bits per heavy atom. The number of allylic oxidation sites excluding steroid dienone is 1. The van der Waals surface area contributed by atoms with Gasteiger partial charge in [0.15, 0.2) is 0 Å². The molecule has 5 atom stereocenters. The zero-order chi connectivity index (χ0) is 27.0. The number of fused-ring (bicyclic) bond motifs is 2. The average Bonchev–Trinajstić information content (AvgIpc) is 3.38. The van der Waals surface area contributed by atoms with Gasteiger partial charge in [-0.2, -0.15) is 9.97 Å². The third-order valence-corrected chi connectivity index (χ3v) is 7.75. The van der Waals surface area contributed by atoms with E-state index in [1.54, 1.807) is 18.0 Å². The predicted octanol–water partition coefficient (Wildman–Crippen LogP) is 2.12. The number of primary amides is 1. The van der Waals surface area contributed by atoms with Crippen LogP contribution in [0.3, 0.4) is 0 Å². The fourth-order valence-electron chi connectivity index (χ4n) is 5.35. The van der Waals surface area contributed by atoms with Gasteiger partial charge in [0, 0.05) is 31.0 Å². The molecule has 4 rings (SSSR count). The van der Waals surface area contributed by atoms with Gasteiger partial charge < -0.3 is 25.4 Å². The molecule has 3 amide bonds. The molecule has 0 bridgehead atoms. The van der Waals surface area contributed by atoms with Crippen molar-refractivity contribution in [2.45, 2.75) is 76.4 Å². The molecule has 1 aliphatic heterocycles. The number of hydrogen-bond acceptors (Lipinski definition) is 7. The monoisotopic (exact) mass is 513 g/mol. The summed E-state index contributed by atoms with van der Waals surface area (Å²) in [5.41, 5.74) is 5.14. The van der Waals surface area contributed by atoms with Crippen LogP contribution in [0.15, 0.2) is 18.2 Å². The van der Waals surface area contributed by atoms with Crippen LogP contribution in [0.25, 0.3) is 0 Å². The van der Waals surface area contributed by atoms with Gasteiger partial charge in [-0.1, -0.05) is 32.9 Å². The first-order valence-electron chi connectivity index (χ1n) is 13.1. The van der Waals surface area contributed by atoms with Gasteiger partial charge in [0.25, 0.3) is 0 Å². The molecule has 202 valence electrons. The molecule has 37 heavy (non-hydrogen) atoms. The molecule has 10 nitrogen and oxygen atoms in total. The fraction of sp³-hybridized carbons (Fsp3) is 0.667. The molecule has 1 aromatic heterocycles. The van der Waals surface area contributed by atoms with Crippen LogP contribution in [0.4, 0.5) is 0 Å². The van der Waals surface area contributed by atoms with Gasteiger partial charge in [-0.05, 0) is 38.5 Å². The Balaban J connectivity index is 1.59. The van der Waals surface area contributed by atoms with Crippen LogP contribution in [0.1, 0.15) is 65.0 Å². The number of carbonyl (C=O) groups excluding carboxylic acids is 3. The Labute approximate surface area is 218 Å². The summed E-state index contributed by atoms with van der Waals surface area (Å²) in [5.74, 6) is -1.95. The summed E-state index contributed by atoms with van der Waals surface area (Å²) in [6.45, 7) is 6.72. The van der Waals surface area contributed by atoms with E-state index in [-0.39, 0.29) is 29.2 Å². The highest BCUT2D eigenvalue weighted by Crippen LogP contribution is 2.46. The topological polar surface area (TPSA) is 137 Å². The van der Waals surface area contributed by atoms with Crippen LogP contribution in [0.5, 0.6) is 11.9 Å². The van der Waals surface area contributed by atoms with Crippen molar-refractivity contribution in [3.8, 4) is 11.9 Å². The lowest BCUT2D eigenvalue weighted by Gasteiger charge is -2.26. The number of ether oxygens (including phenoxy) is 2. The summed E-state index contributed by atoms with van der Waals surface area (Å²) in [6.07, 6.45) is 7.42. The van der Waals surface area contributed by atoms with E-state index < -0.39 is 29.4 Å². The van der Waals surface area contributed by atoms with Crippen molar-refractivity contribution in [3.05, 3.63) is 23.9 Å². The minimum atomic E-state index is -1.09. The second-order valence-electron chi connectivity index (χ2n) is 11.6. The SMILES string of the molecule is COc1nc(OC2CC3C(=O)NC4(C(N)=O)CC4C=CCCCCN(C)C(=O)C3C2)cc(C(C)(C)C)n1. The molecule has 0 saturated heterocycles. The molecule has 3 aliphatic rings. The Bertz CT molecular complexity index is 1080. The van der Waals surface area contributed by atoms with E-state index in [4.69, 9.17) is 15.2 Å². The van der Waals surface area contributed by atoms with Crippen molar-refractivity contribution >= 4 is 17.7 Å². The number of nitrogens with two attached hydrogens (primary N) is 1. The molecule has 0 radical (unpaired) electrons. The molecule has 2 aliphatic carbocycles. The standard InChI is InChI=1S/C27H39N5O5/c1-26(2,3)20-14-21(30-25(29-20)36-5)37-17-12-18-19(13-17)23(34)32(4)11-9-7-6-8-10-16-15-27(16,24(28)35)31-22(18)33/h8,10,14,16-19H,6-7,9,11-13,15H2,1-5H3,(H2,28,35)(H,31,33). The maximum Gasteiger partial charge on any atom is 0.319 e. The van der Waals surface area contributed by atoms with Gasteiger partial charge in [-0.25, -0.2) is 0 Å². The maximum absolute atomic E-state index is 13.5. The Morgan fingerprint density at radius 2 is 1.92 bits per heavy atom. The number of nitrogens with one attached hydrogen (secondary N) is 1. The predicted molar refractivity (Wildman–Crippen MR) is 137 cm³/mol. The zero-order valence-electron chi connectivity index (χ0n) is 22.5. The molecule has 10 heteroatoms. The molecule has 5 unspecified atom stereocenters. The van der Waals surface area contributed by atoms with Crippen molar-refractivity contribution in [1.29, 1.82) is 0 Å². The molecule has 2 saturated carbocycles. The summed E-state index contributed by atoms with van der Waals surface area (Å²) in [4.78, 5) is 49.8. The lowest BCUT2D eigenvalue weighted by molar-refractivity contribution is -0.140. The van der Waals surface area contributed by atoms with Crippen LogP contribution in [0.2, 0.25) is 0 Å². The molecule has 1 aromatic rings. The summed E-state index contributed by atoms with van der Waals surface area (Å²) in [6, 6.07) is 1.97. The number of hydrogen-bond donors (Lipinski definition) is 2. The first-order chi connectivity index (χ1) is 17.4. The molecular formula is C27H39N5O5. The fourth-order valence-corrected chi connectivity index (χ4v) is 5.35. The first-order valence-corrected chi connectivity index (χ1v) is 13.1. The van der Waals surface area contributed by atoms with Crippen molar-refractivity contribution in [2.75, 3.05) is 20.7 Å². The second-order valence-corrected chi connectivity index (χ2v) is 11.6. The molecule has 0 spiro atoms. The smallest absolute Gasteiger partial charge is 0.319 e. The van der Waals surface area contributed by atoms with Crippen LogP contribution in [-0.2, 0) is 19.8 Å². The number of nitrogens with zero attached hydrogens (tertiary/aromatic N) is 3. The summed E-state index contributed by atoms with van der Waals surface area (Å²) in [7, 11) is 3.28. The van der Waals surface area contributed by atoms with Gasteiger partial charge in [0.05, 0.1) is 24.6 Å². The number of methoxy groups -OCH3 is 1. The third-order valence-electron chi connectivity index (χ3n) is 7.75. The van der Waals surface area contributed by atoms with E-state index in [2.05, 4.69) is 15.3 Å². The van der Waals surface area contributed by atoms with E-state index in [9.17, 15) is 14.4 Å². The molecule has 0 aromatic carbocycles. The Morgan fingerprint density at radius 1 is 1.19 bits per heavy atom. The van der Waals surface area contributed by atoms with E-state index in [0.717, 1.165) is 25.0 Å². The van der Waals surface area contributed by atoms with Crippen molar-refractivity contribution < 1.29 is 23.9 Å². The first kappa shape index (κ1) is 26.9. The summed E-state index contributed by atoms with van der Waals surface area (Å²) in [5, 5.41) is 2.92. The number of aromatic nitrogens is 2. The summed E-state index contributed by atoms with van der Waals surface area (Å²) >= 11 is 0. The van der Waals surface area contributed by atoms with E-state index in [1.165, 1.54) is 7.11 Å². The molecule has 2 heterocycles. The molecule has 2 fully saturated rings. The molecule has 3 N–H and O–H groups in total. The van der Waals surface area contributed by atoms with E-state index in [1.807, 2.05) is 32.9 Å². The van der Waals surface area contributed by atoms with Crippen molar-refractivity contribution in [2.24, 2.45) is 23.5 Å². The number of amides is 3. The second kappa shape index (κ2) is 10.3. The van der Waals surface area contributed by atoms with Gasteiger partial charge >= 0.3 is 6.01 Å². The maximum atomic E-state index is 13.5. The van der Waals surface area contributed by atoms with Gasteiger partial charge in [0.1, 0.15) is 11.6 Å². The lowest BCUT2D eigenvalue weighted by atomic mass is 9.92. The highest BCUT2D eigenvalue weighted by Gasteiger charge is 2.60. The van der Waals surface area contributed by atoms with Gasteiger partial charge in [-0.15, -0.1) is 0 Å². The molecular weight excluding hydrogens is 474 g/mol. The van der Waals surface area contributed by atoms with Crippen LogP contribution < -0.4 is 20.5 Å². The Hall–Kier alpha value is -3.17. The quantitative estimate of drug-likeness (QED) is 0.589. The number of rotatable bonds is 4.